The Kier molecular flexibility index (Phi) is 11.2. The molecule has 2 fully saturated rings. The van der Waals surface area contributed by atoms with Crippen LogP contribution in [0, 0.1) is 0 Å². The Bertz CT molecular complexity index is 606. The van der Waals surface area contributed by atoms with Crippen LogP contribution in [-0.4, -0.2) is 135 Å². The van der Waals surface area contributed by atoms with E-state index < -0.39 is 90.3 Å². The Balaban J connectivity index is 0.000000320. The summed E-state index contributed by atoms with van der Waals surface area (Å²) >= 11 is 0. The fourth-order valence-electron chi connectivity index (χ4n) is 2.58. The van der Waals surface area contributed by atoms with Crippen LogP contribution < -0.4 is 0 Å². The number of aliphatic hydroxyl groups excluding tert-OH is 8. The smallest absolute Gasteiger partial charge is 0.394 e. The quantitative estimate of drug-likeness (QED) is 0.145. The van der Waals surface area contributed by atoms with Crippen molar-refractivity contribution in [1.29, 1.82) is 0 Å². The van der Waals surface area contributed by atoms with E-state index in [2.05, 4.69) is 18.5 Å². The van der Waals surface area contributed by atoms with Crippen LogP contribution in [0.4, 0.5) is 0 Å². The first-order chi connectivity index (χ1) is 14.5. The molecule has 18 nitrogen and oxygen atoms in total. The molecule has 0 spiro atoms. The first-order valence-corrected chi connectivity index (χ1v) is 11.7. The summed E-state index contributed by atoms with van der Waals surface area (Å²) in [7, 11) is -9.83. The molecule has 0 unspecified atom stereocenters. The lowest BCUT2D eigenvalue weighted by molar-refractivity contribution is -0.280. The third-order valence-electron chi connectivity index (χ3n) is 4.18. The monoisotopic (exact) mass is 520 g/mol. The predicted octanol–water partition coefficient (Wildman–Crippen LogP) is -6.21. The van der Waals surface area contributed by atoms with Crippen LogP contribution in [0.15, 0.2) is 0 Å². The van der Waals surface area contributed by atoms with Gasteiger partial charge in [-0.05, 0) is 0 Å². The van der Waals surface area contributed by atoms with Crippen molar-refractivity contribution in [2.45, 2.75) is 61.4 Å². The SMILES string of the molecule is O=P(O)(O)O[C@H]1O[C@H](CO)[C@H](O)[C@H](O)[C@H]1O.O=P(O)(O)O[C@H]1O[C@H](CO)[C@H](O)[C@H](O)[C@H]1O. The molecule has 20 heteroatoms. The third kappa shape index (κ3) is 8.55. The molecule has 0 aromatic heterocycles. The molecule has 0 aromatic rings. The Morgan fingerprint density at radius 1 is 0.562 bits per heavy atom. The highest BCUT2D eigenvalue weighted by Crippen LogP contribution is 2.41. The molecular weight excluding hydrogens is 494 g/mol. The van der Waals surface area contributed by atoms with E-state index in [-0.39, 0.29) is 0 Å². The Labute approximate surface area is 179 Å². The molecule has 0 radical (unpaired) electrons. The normalized spacial score (nSPS) is 41.0. The average molecular weight is 520 g/mol. The van der Waals surface area contributed by atoms with Gasteiger partial charge in [-0.1, -0.05) is 0 Å². The van der Waals surface area contributed by atoms with Crippen LogP contribution in [0.1, 0.15) is 0 Å². The number of aliphatic hydroxyl groups is 8. The second kappa shape index (κ2) is 12.0. The summed E-state index contributed by atoms with van der Waals surface area (Å²) in [4.78, 5) is 34.0. The van der Waals surface area contributed by atoms with Crippen molar-refractivity contribution in [2.75, 3.05) is 13.2 Å². The Morgan fingerprint density at radius 2 is 0.844 bits per heavy atom. The number of phosphoric acid groups is 2. The van der Waals surface area contributed by atoms with Crippen LogP contribution in [-0.2, 0) is 27.7 Å². The fourth-order valence-corrected chi connectivity index (χ4v) is 3.47. The van der Waals surface area contributed by atoms with Gasteiger partial charge in [-0.15, -0.1) is 0 Å². The van der Waals surface area contributed by atoms with E-state index in [9.17, 15) is 39.8 Å². The first-order valence-electron chi connectivity index (χ1n) is 8.61. The van der Waals surface area contributed by atoms with Gasteiger partial charge in [0.2, 0.25) is 0 Å². The van der Waals surface area contributed by atoms with E-state index >= 15 is 0 Å². The molecule has 0 aliphatic carbocycles. The zero-order valence-electron chi connectivity index (χ0n) is 15.9. The molecule has 2 aliphatic rings. The summed E-state index contributed by atoms with van der Waals surface area (Å²) in [6, 6.07) is 0. The van der Waals surface area contributed by atoms with Gasteiger partial charge < -0.3 is 69.9 Å². The minimum atomic E-state index is -4.91. The predicted molar refractivity (Wildman–Crippen MR) is 93.8 cm³/mol. The zero-order chi connectivity index (χ0) is 25.0. The second-order valence-electron chi connectivity index (χ2n) is 6.59. The van der Waals surface area contributed by atoms with Gasteiger partial charge in [0.05, 0.1) is 13.2 Å². The van der Waals surface area contributed by atoms with Crippen molar-refractivity contribution in [3.8, 4) is 0 Å². The Hall–Kier alpha value is -0.180. The minimum Gasteiger partial charge on any atom is -0.394 e. The highest BCUT2D eigenvalue weighted by Gasteiger charge is 2.47. The van der Waals surface area contributed by atoms with E-state index in [0.29, 0.717) is 0 Å². The van der Waals surface area contributed by atoms with Gasteiger partial charge in [0.25, 0.3) is 0 Å². The fraction of sp³-hybridized carbons (Fsp3) is 1.00. The van der Waals surface area contributed by atoms with Crippen molar-refractivity contribution >= 4 is 15.6 Å². The molecule has 2 rings (SSSR count). The standard InChI is InChI=1S/2C6H13O9P/c2*7-1-2-3(8)4(9)5(10)6(14-2)15-16(11,12)13/h2*2-10H,1H2,(H2,11,12,13)/t2*2-,3+,4+,5-,6-/m11/s1. The lowest BCUT2D eigenvalue weighted by Gasteiger charge is -2.39. The summed E-state index contributed by atoms with van der Waals surface area (Å²) in [5.74, 6) is 0. The van der Waals surface area contributed by atoms with Crippen molar-refractivity contribution in [3.63, 3.8) is 0 Å². The molecule has 32 heavy (non-hydrogen) atoms. The minimum absolute atomic E-state index is 0.702. The molecule has 0 saturated carbocycles. The van der Waals surface area contributed by atoms with Crippen molar-refractivity contribution in [3.05, 3.63) is 0 Å². The van der Waals surface area contributed by atoms with Gasteiger partial charge in [0.15, 0.2) is 12.6 Å². The van der Waals surface area contributed by atoms with Crippen LogP contribution in [0.25, 0.3) is 0 Å². The van der Waals surface area contributed by atoms with Crippen LogP contribution in [0.5, 0.6) is 0 Å². The lowest BCUT2D eigenvalue weighted by atomic mass is 10.00. The van der Waals surface area contributed by atoms with Crippen LogP contribution in [0.3, 0.4) is 0 Å². The van der Waals surface area contributed by atoms with E-state index in [4.69, 9.17) is 29.8 Å². The zero-order valence-corrected chi connectivity index (χ0v) is 17.7. The molecule has 0 bridgehead atoms. The first kappa shape index (κ1) is 29.9. The highest BCUT2D eigenvalue weighted by molar-refractivity contribution is 7.46. The van der Waals surface area contributed by atoms with Crippen molar-refractivity contribution in [1.82, 2.24) is 0 Å². The van der Waals surface area contributed by atoms with Crippen molar-refractivity contribution in [2.24, 2.45) is 0 Å². The lowest BCUT2D eigenvalue weighted by Crippen LogP contribution is -2.58. The summed E-state index contributed by atoms with van der Waals surface area (Å²) < 4.78 is 38.5. The van der Waals surface area contributed by atoms with Gasteiger partial charge in [0.1, 0.15) is 48.8 Å². The molecule has 10 atom stereocenters. The Morgan fingerprint density at radius 3 is 1.06 bits per heavy atom. The van der Waals surface area contributed by atoms with E-state index in [1.165, 1.54) is 0 Å². The molecule has 2 heterocycles. The van der Waals surface area contributed by atoms with Crippen LogP contribution >= 0.6 is 15.6 Å². The molecular formula is C12H26O18P2. The van der Waals surface area contributed by atoms with E-state index in [0.717, 1.165) is 0 Å². The molecule has 12 N–H and O–H groups in total. The topological polar surface area (TPSA) is 314 Å². The molecule has 192 valence electrons. The number of hydrogen-bond donors (Lipinski definition) is 12. The summed E-state index contributed by atoms with van der Waals surface area (Å²) in [6.45, 7) is -1.40. The number of hydrogen-bond acceptors (Lipinski definition) is 14. The molecule has 2 saturated heterocycles. The third-order valence-corrected chi connectivity index (χ3v) is 5.14. The largest absolute Gasteiger partial charge is 0.472 e. The van der Waals surface area contributed by atoms with Gasteiger partial charge in [-0.3, -0.25) is 9.05 Å². The maximum atomic E-state index is 10.5. The van der Waals surface area contributed by atoms with Gasteiger partial charge in [-0.25, -0.2) is 9.13 Å². The molecule has 0 amide bonds. The van der Waals surface area contributed by atoms with Gasteiger partial charge in [-0.2, -0.15) is 0 Å². The van der Waals surface area contributed by atoms with Gasteiger partial charge in [0, 0.05) is 0 Å². The molecule has 2 aliphatic heterocycles. The second-order valence-corrected chi connectivity index (χ2v) is 8.97. The maximum absolute atomic E-state index is 10.5. The number of ether oxygens (including phenoxy) is 2. The van der Waals surface area contributed by atoms with E-state index in [1.807, 2.05) is 0 Å². The molecule has 0 aromatic carbocycles. The maximum Gasteiger partial charge on any atom is 0.472 e. The van der Waals surface area contributed by atoms with Crippen LogP contribution in [0.2, 0.25) is 0 Å². The summed E-state index contributed by atoms with van der Waals surface area (Å²) in [6.07, 6.45) is -16.5. The van der Waals surface area contributed by atoms with E-state index in [1.54, 1.807) is 0 Å². The number of phosphoric ester groups is 2. The highest BCUT2D eigenvalue weighted by atomic mass is 31.2. The summed E-state index contributed by atoms with van der Waals surface area (Å²) in [5.41, 5.74) is 0. The average Bonchev–Trinajstić information content (AvgIpc) is 2.67. The number of rotatable bonds is 6. The summed E-state index contributed by atoms with van der Waals surface area (Å²) in [5, 5.41) is 73.2. The van der Waals surface area contributed by atoms with Crippen molar-refractivity contribution < 1.29 is 88.1 Å². The van der Waals surface area contributed by atoms with Gasteiger partial charge >= 0.3 is 15.6 Å².